The third kappa shape index (κ3) is 36.6. The molecule has 4 saturated heterocycles. The van der Waals surface area contributed by atoms with Crippen molar-refractivity contribution >= 4 is 104 Å². The van der Waals surface area contributed by atoms with Crippen molar-refractivity contribution in [2.45, 2.75) is 389 Å². The smallest absolute Gasteiger partial charge is 0.408 e. The van der Waals surface area contributed by atoms with Crippen molar-refractivity contribution in [2.24, 2.45) is 92.2 Å². The second kappa shape index (κ2) is 53.0. The van der Waals surface area contributed by atoms with Gasteiger partial charge in [0.15, 0.2) is 0 Å². The van der Waals surface area contributed by atoms with Gasteiger partial charge in [0.1, 0.15) is 22.4 Å². The summed E-state index contributed by atoms with van der Waals surface area (Å²) in [5, 5.41) is 5.40. The van der Waals surface area contributed by atoms with Gasteiger partial charge in [-0.1, -0.05) is 283 Å². The first kappa shape index (κ1) is 120. The number of benzene rings is 4. The number of pyridine rings is 1. The van der Waals surface area contributed by atoms with E-state index in [0.29, 0.717) is 76.3 Å². The number of fused-ring (bicyclic) bond motifs is 3. The van der Waals surface area contributed by atoms with Crippen molar-refractivity contribution in [1.82, 2.24) is 24.6 Å². The molecule has 0 radical (unpaired) electrons. The van der Waals surface area contributed by atoms with Crippen LogP contribution >= 0.6 is 104 Å². The topological polar surface area (TPSA) is 35.1 Å². The number of nitrogens with zero attached hydrogens (tertiary/aromatic N) is 5. The van der Waals surface area contributed by atoms with E-state index in [1.807, 2.05) is 83.3 Å². The lowest BCUT2D eigenvalue weighted by atomic mass is 9.50. The van der Waals surface area contributed by atoms with E-state index in [-0.39, 0.29) is 26.4 Å². The number of ether oxygens (including phenoxy) is 1. The van der Waals surface area contributed by atoms with Crippen molar-refractivity contribution in [3.8, 4) is 5.88 Å². The summed E-state index contributed by atoms with van der Waals surface area (Å²) < 4.78 is 74.2. The molecule has 758 valence electrons. The van der Waals surface area contributed by atoms with Crippen molar-refractivity contribution in [2.75, 3.05) is 59.0 Å². The SMILES string of the molecule is CC.CC.CC(C)(C)C12CCC(F)(CC1)CC2.CC(C)(C)C1CCN(C(c2cc(Cl)cc(Cl)c2)C(F)(F)F)CC1.CC(C)[C@H]1CCCN([C@H](C)c2cc(Cl)cc(Cl)c2)C1.CC1C2CC3CC1CC(F)(C3)C2.CC1CCC(C)(C(C)C)CC1.CCOc1ncc(C(C)(C)C)cc1Cl.C[C@@H](c1cc(Cl)cc(Cl)c1)N1CCC(C(C)(C)C)CC1.C[C@H]1CCCN([C@@H](C)c2cc(Cl)cc(Cl)c2)C1. The lowest BCUT2D eigenvalue weighted by molar-refractivity contribution is -0.190. The minimum Gasteiger partial charge on any atom is -0.477 e. The van der Waals surface area contributed by atoms with E-state index >= 15 is 0 Å². The van der Waals surface area contributed by atoms with Crippen LogP contribution in [0.2, 0.25) is 45.2 Å². The first-order valence-electron chi connectivity index (χ1n) is 51.3. The van der Waals surface area contributed by atoms with E-state index in [9.17, 15) is 22.0 Å². The van der Waals surface area contributed by atoms with Crippen molar-refractivity contribution < 1.29 is 26.7 Å². The normalized spacial score (nSPS) is 27.4. The van der Waals surface area contributed by atoms with Gasteiger partial charge < -0.3 is 4.74 Å². The zero-order valence-electron chi connectivity index (χ0n) is 87.3. The molecular formula is C113H177Cl9F5N5O. The second-order valence-electron chi connectivity index (χ2n) is 46.4. The van der Waals surface area contributed by atoms with Crippen LogP contribution in [-0.4, -0.2) is 101 Å². The van der Waals surface area contributed by atoms with Crippen LogP contribution in [0, 0.1) is 92.2 Å². The molecule has 17 rings (SSSR count). The van der Waals surface area contributed by atoms with Gasteiger partial charge in [0.2, 0.25) is 5.88 Å². The molecule has 20 heteroatoms. The molecule has 5 heterocycles. The van der Waals surface area contributed by atoms with Crippen LogP contribution in [0.3, 0.4) is 0 Å². The van der Waals surface area contributed by atoms with E-state index in [0.717, 1.165) is 179 Å². The maximum Gasteiger partial charge on any atom is 0.408 e. The van der Waals surface area contributed by atoms with Gasteiger partial charge in [-0.15, -0.1) is 0 Å². The molecule has 8 saturated carbocycles. The van der Waals surface area contributed by atoms with Gasteiger partial charge in [-0.3, -0.25) is 19.6 Å². The number of hydrogen-bond donors (Lipinski definition) is 0. The molecule has 8 aliphatic carbocycles. The molecule has 4 aromatic carbocycles. The molecule has 12 fully saturated rings. The molecule has 5 aromatic rings. The average Bonchev–Trinajstić information content (AvgIpc) is 0.746. The number of likely N-dealkylation sites (tertiary alicyclic amines) is 4. The summed E-state index contributed by atoms with van der Waals surface area (Å²) >= 11 is 54.4. The van der Waals surface area contributed by atoms with Crippen LogP contribution < -0.4 is 4.74 Å². The fraction of sp³-hybridized carbons (Fsp3) is 0.743. The molecule has 0 spiro atoms. The summed E-state index contributed by atoms with van der Waals surface area (Å²) in [7, 11) is 0. The third-order valence-corrected chi connectivity index (χ3v) is 34.4. The van der Waals surface area contributed by atoms with Gasteiger partial charge in [-0.2, -0.15) is 13.2 Å². The molecule has 133 heavy (non-hydrogen) atoms. The van der Waals surface area contributed by atoms with Crippen LogP contribution in [0.25, 0.3) is 0 Å². The highest BCUT2D eigenvalue weighted by atomic mass is 35.5. The first-order valence-corrected chi connectivity index (χ1v) is 54.7. The van der Waals surface area contributed by atoms with Gasteiger partial charge in [-0.25, -0.2) is 13.8 Å². The first-order chi connectivity index (χ1) is 61.8. The Bertz CT molecular complexity index is 4140. The van der Waals surface area contributed by atoms with Crippen molar-refractivity contribution in [1.29, 1.82) is 0 Å². The summed E-state index contributed by atoms with van der Waals surface area (Å²) in [6, 6.07) is 23.2. The standard InChI is InChI=1S/C17H22Cl2F3N.C17H25Cl2N.C16H23Cl2N.C14H19Cl2N.C12H21F.C11H16ClNO.C11H17F.C11H22.2C2H6/c1-16(2,3)12-4-6-23(7-5-12)15(17(20,21)22)11-8-13(18)10-14(19)9-11;1-12(13-9-15(18)11-16(19)10-13)20-7-5-14(6-8-20)17(2,3)4;1-11(2)13-5-4-6-19(10-13)12(3)14-7-15(17)9-16(18)8-14;1-10-4-3-5-17(9-10)11(2)12-6-13(15)8-14(16)7-12;1-10(2,3)11-4-7-12(13,8-5-11)9-6-11;1-5-14-10-9(12)6-8(7-13-10)11(2,3)4;1-7-9-2-8-3-10(7)6-11(12,4-8)5-9;1-9(2)11(4)7-5-10(3)6-8-11;2*1-2/h8-10,12,15H,4-7H2,1-3H3;9-12,14H,5-8H2,1-4H3;7-9,11-13H,4-6,10H2,1-3H3;6-8,10-11H,3-5,9H2,1-2H3;4-9H2,1-3H3;6-7H,5H2,1-4H3;7-10H,2-6H2,1H3;9-10H,5-8H2,1-4H3;2*1-2H3/t;12-;12-,13+;10-,11-;;;;;;/m.010....../s1. The average molecular weight is 2040 g/mol. The highest BCUT2D eigenvalue weighted by Gasteiger charge is 2.56. The fourth-order valence-electron chi connectivity index (χ4n) is 22.6. The van der Waals surface area contributed by atoms with E-state index in [4.69, 9.17) is 109 Å². The number of aromatic nitrogens is 1. The maximum absolute atomic E-state index is 14.1. The molecule has 0 N–H and O–H groups in total. The quantitative estimate of drug-likeness (QED) is 0.116. The van der Waals surface area contributed by atoms with E-state index in [2.05, 4.69) is 179 Å². The Labute approximate surface area is 852 Å². The number of halogens is 14. The number of rotatable bonds is 12. The summed E-state index contributed by atoms with van der Waals surface area (Å²) in [5.41, 5.74) is 5.51. The Kier molecular flexibility index (Phi) is 47.6. The Hall–Kier alpha value is -2.07. The van der Waals surface area contributed by atoms with Crippen molar-refractivity contribution in [3.63, 3.8) is 0 Å². The highest BCUT2D eigenvalue weighted by molar-refractivity contribution is 6.36. The molecule has 8 atom stereocenters. The minimum absolute atomic E-state index is 0.0708. The summed E-state index contributed by atoms with van der Waals surface area (Å²) in [4.78, 5) is 13.3. The molecule has 6 nitrogen and oxygen atoms in total. The van der Waals surface area contributed by atoms with E-state index < -0.39 is 23.6 Å². The van der Waals surface area contributed by atoms with Crippen LogP contribution in [0.15, 0.2) is 85.1 Å². The summed E-state index contributed by atoms with van der Waals surface area (Å²) in [6.07, 6.45) is 23.8. The maximum atomic E-state index is 14.1. The fourth-order valence-corrected chi connectivity index (χ4v) is 25.0. The summed E-state index contributed by atoms with van der Waals surface area (Å²) in [5.74, 6) is 9.06. The lowest BCUT2D eigenvalue weighted by Gasteiger charge is -2.56. The van der Waals surface area contributed by atoms with E-state index in [1.54, 1.807) is 18.2 Å². The largest absolute Gasteiger partial charge is 0.477 e. The van der Waals surface area contributed by atoms with Gasteiger partial charge in [0.25, 0.3) is 0 Å². The molecule has 0 amide bonds. The molecule has 1 aromatic heterocycles. The lowest BCUT2D eigenvalue weighted by Crippen LogP contribution is -2.51. The van der Waals surface area contributed by atoms with E-state index in [1.165, 1.54) is 143 Å². The number of piperidine rings is 4. The van der Waals surface area contributed by atoms with Gasteiger partial charge in [0, 0.05) is 77.6 Å². The molecule has 12 aliphatic rings. The van der Waals surface area contributed by atoms with Crippen LogP contribution in [0.1, 0.15) is 394 Å². The second-order valence-corrected chi connectivity index (χ2v) is 50.3. The molecule has 3 unspecified atom stereocenters. The summed E-state index contributed by atoms with van der Waals surface area (Å²) in [6.45, 7) is 70.9. The molecular weight excluding hydrogens is 1860 g/mol. The molecule has 4 aliphatic heterocycles. The third-order valence-electron chi connectivity index (χ3n) is 32.4. The van der Waals surface area contributed by atoms with Gasteiger partial charge >= 0.3 is 6.18 Å². The van der Waals surface area contributed by atoms with Crippen LogP contribution in [-0.2, 0) is 5.41 Å². The predicted octanol–water partition coefficient (Wildman–Crippen LogP) is 39.0. The zero-order chi connectivity index (χ0) is 100. The molecule has 6 bridgehead atoms. The minimum atomic E-state index is -4.36. The highest BCUT2D eigenvalue weighted by Crippen LogP contribution is 2.62. The predicted molar refractivity (Wildman–Crippen MR) is 569 cm³/mol. The van der Waals surface area contributed by atoms with Gasteiger partial charge in [-0.05, 0) is 406 Å². The van der Waals surface area contributed by atoms with Gasteiger partial charge in [0.05, 0.1) is 6.61 Å². The van der Waals surface area contributed by atoms with Crippen LogP contribution in [0.5, 0.6) is 5.88 Å². The zero-order valence-corrected chi connectivity index (χ0v) is 94.1. The Balaban J connectivity index is 0.000000235. The Morgan fingerprint density at radius 1 is 0.436 bits per heavy atom. The Morgan fingerprint density at radius 3 is 1.15 bits per heavy atom. The Morgan fingerprint density at radius 2 is 0.812 bits per heavy atom. The number of alkyl halides is 5. The van der Waals surface area contributed by atoms with Crippen LogP contribution in [0.4, 0.5) is 22.0 Å². The monoisotopic (exact) mass is 2030 g/mol. The number of hydrogen-bond acceptors (Lipinski definition) is 6. The van der Waals surface area contributed by atoms with Crippen molar-refractivity contribution in [3.05, 3.63) is 158 Å².